The van der Waals surface area contributed by atoms with Crippen molar-refractivity contribution in [3.8, 4) is 0 Å². The summed E-state index contributed by atoms with van der Waals surface area (Å²) in [6.07, 6.45) is 14.5. The molecular formula is C30H44O4S. The summed E-state index contributed by atoms with van der Waals surface area (Å²) in [5, 5.41) is -0.591. The Kier molecular flexibility index (Phi) is 12.7. The Hall–Kier alpha value is -1.95. The molecular weight excluding hydrogens is 456 g/mol. The van der Waals surface area contributed by atoms with Crippen LogP contribution in [0.3, 0.4) is 0 Å². The zero-order chi connectivity index (χ0) is 25.7. The van der Waals surface area contributed by atoms with Gasteiger partial charge in [0, 0.05) is 6.42 Å². The third-order valence-electron chi connectivity index (χ3n) is 6.23. The van der Waals surface area contributed by atoms with Crippen LogP contribution in [0, 0.1) is 0 Å². The van der Waals surface area contributed by atoms with Gasteiger partial charge in [0.1, 0.15) is 0 Å². The summed E-state index contributed by atoms with van der Waals surface area (Å²) in [5.41, 5.74) is 5.05. The van der Waals surface area contributed by atoms with Crippen LogP contribution in [0.25, 0.3) is 0 Å². The van der Waals surface area contributed by atoms with Crippen LogP contribution in [0.2, 0.25) is 0 Å². The maximum Gasteiger partial charge on any atom is 0.185 e. The highest BCUT2D eigenvalue weighted by Crippen LogP contribution is 2.24. The van der Waals surface area contributed by atoms with E-state index in [-0.39, 0.29) is 6.29 Å². The molecule has 2 rings (SSSR count). The predicted molar refractivity (Wildman–Crippen MR) is 146 cm³/mol. The summed E-state index contributed by atoms with van der Waals surface area (Å²) >= 11 is 0. The van der Waals surface area contributed by atoms with Crippen molar-refractivity contribution in [2.45, 2.75) is 96.0 Å². The summed E-state index contributed by atoms with van der Waals surface area (Å²) in [6.45, 7) is 11.8. The first kappa shape index (κ1) is 29.3. The molecule has 1 fully saturated rings. The van der Waals surface area contributed by atoms with Crippen LogP contribution in [0.1, 0.15) is 79.6 Å². The summed E-state index contributed by atoms with van der Waals surface area (Å²) in [6, 6.07) is 8.78. The average Bonchev–Trinajstić information content (AvgIpc) is 3.34. The van der Waals surface area contributed by atoms with Gasteiger partial charge in [-0.15, -0.1) is 0 Å². The van der Waals surface area contributed by atoms with Crippen LogP contribution in [0.5, 0.6) is 0 Å². The lowest BCUT2D eigenvalue weighted by Gasteiger charge is -2.16. The molecule has 0 spiro atoms. The highest BCUT2D eigenvalue weighted by molar-refractivity contribution is 7.92. The number of sulfone groups is 1. The minimum Gasteiger partial charge on any atom is -0.350 e. The Morgan fingerprint density at radius 3 is 2.09 bits per heavy atom. The number of benzene rings is 1. The molecule has 1 heterocycles. The molecule has 1 saturated heterocycles. The normalized spacial score (nSPS) is 17.0. The molecule has 1 aromatic rings. The summed E-state index contributed by atoms with van der Waals surface area (Å²) in [7, 11) is -3.48. The molecule has 0 amide bonds. The third-order valence-corrected chi connectivity index (χ3v) is 8.28. The van der Waals surface area contributed by atoms with Crippen molar-refractivity contribution in [3.05, 3.63) is 76.9 Å². The summed E-state index contributed by atoms with van der Waals surface area (Å²) in [4.78, 5) is 0.373. The van der Waals surface area contributed by atoms with E-state index >= 15 is 0 Å². The van der Waals surface area contributed by atoms with Gasteiger partial charge in [0.2, 0.25) is 0 Å². The van der Waals surface area contributed by atoms with E-state index in [9.17, 15) is 8.42 Å². The minimum atomic E-state index is -3.48. The number of rotatable bonds is 14. The Bertz CT molecular complexity index is 990. The molecule has 1 aromatic carbocycles. The van der Waals surface area contributed by atoms with Crippen LogP contribution < -0.4 is 0 Å². The van der Waals surface area contributed by atoms with Crippen molar-refractivity contribution in [1.29, 1.82) is 0 Å². The van der Waals surface area contributed by atoms with E-state index in [1.807, 2.05) is 19.1 Å². The fourth-order valence-corrected chi connectivity index (χ4v) is 5.69. The van der Waals surface area contributed by atoms with E-state index in [2.05, 4.69) is 45.9 Å². The van der Waals surface area contributed by atoms with Crippen molar-refractivity contribution in [1.82, 2.24) is 0 Å². The maximum absolute atomic E-state index is 13.5. The highest BCUT2D eigenvalue weighted by Gasteiger charge is 2.25. The van der Waals surface area contributed by atoms with Gasteiger partial charge in [-0.25, -0.2) is 8.42 Å². The largest absolute Gasteiger partial charge is 0.350 e. The molecule has 35 heavy (non-hydrogen) atoms. The van der Waals surface area contributed by atoms with Gasteiger partial charge >= 0.3 is 0 Å². The second-order valence-electron chi connectivity index (χ2n) is 9.81. The molecule has 0 N–H and O–H groups in total. The number of allylic oxidation sites excluding steroid dienone is 7. The highest BCUT2D eigenvalue weighted by atomic mass is 32.2. The second-order valence-corrected chi connectivity index (χ2v) is 12.0. The molecule has 194 valence electrons. The summed E-state index contributed by atoms with van der Waals surface area (Å²) in [5.74, 6) is 0. The molecule has 1 aliphatic rings. The first-order valence-corrected chi connectivity index (χ1v) is 14.4. The lowest BCUT2D eigenvalue weighted by Crippen LogP contribution is -2.19. The van der Waals surface area contributed by atoms with E-state index in [0.29, 0.717) is 24.5 Å². The molecule has 0 aliphatic carbocycles. The molecule has 0 bridgehead atoms. The third kappa shape index (κ3) is 11.1. The molecule has 0 aromatic heterocycles. The molecule has 0 saturated carbocycles. The second kappa shape index (κ2) is 15.2. The summed E-state index contributed by atoms with van der Waals surface area (Å²) < 4.78 is 38.0. The van der Waals surface area contributed by atoms with Crippen molar-refractivity contribution in [3.63, 3.8) is 0 Å². The molecule has 0 radical (unpaired) electrons. The van der Waals surface area contributed by atoms with Gasteiger partial charge in [0.25, 0.3) is 0 Å². The van der Waals surface area contributed by atoms with Crippen LogP contribution in [0.4, 0.5) is 0 Å². The first-order valence-electron chi connectivity index (χ1n) is 12.8. The van der Waals surface area contributed by atoms with Crippen LogP contribution in [0.15, 0.2) is 81.8 Å². The monoisotopic (exact) mass is 500 g/mol. The van der Waals surface area contributed by atoms with Gasteiger partial charge in [-0.2, -0.15) is 0 Å². The fourth-order valence-electron chi connectivity index (χ4n) is 4.05. The van der Waals surface area contributed by atoms with E-state index < -0.39 is 15.1 Å². The van der Waals surface area contributed by atoms with Gasteiger partial charge in [-0.3, -0.25) is 0 Å². The Labute approximate surface area is 213 Å². The number of ether oxygens (including phenoxy) is 2. The minimum absolute atomic E-state index is 0.178. The topological polar surface area (TPSA) is 52.6 Å². The quantitative estimate of drug-likeness (QED) is 0.245. The Morgan fingerprint density at radius 1 is 0.857 bits per heavy atom. The zero-order valence-corrected chi connectivity index (χ0v) is 23.1. The maximum atomic E-state index is 13.5. The van der Waals surface area contributed by atoms with Crippen molar-refractivity contribution >= 4 is 9.84 Å². The van der Waals surface area contributed by atoms with E-state index in [4.69, 9.17) is 9.47 Å². The van der Waals surface area contributed by atoms with E-state index in [1.165, 1.54) is 16.7 Å². The van der Waals surface area contributed by atoms with Gasteiger partial charge in [-0.1, -0.05) is 64.8 Å². The van der Waals surface area contributed by atoms with Gasteiger partial charge in [0.15, 0.2) is 16.1 Å². The van der Waals surface area contributed by atoms with Crippen molar-refractivity contribution in [2.75, 3.05) is 13.2 Å². The van der Waals surface area contributed by atoms with Crippen LogP contribution in [-0.4, -0.2) is 33.2 Å². The van der Waals surface area contributed by atoms with Crippen LogP contribution in [-0.2, 0) is 19.3 Å². The van der Waals surface area contributed by atoms with Crippen molar-refractivity contribution < 1.29 is 17.9 Å². The Morgan fingerprint density at radius 2 is 1.46 bits per heavy atom. The first-order chi connectivity index (χ1) is 16.7. The smallest absolute Gasteiger partial charge is 0.185 e. The predicted octanol–water partition coefficient (Wildman–Crippen LogP) is 7.74. The van der Waals surface area contributed by atoms with Gasteiger partial charge in [0.05, 0.1) is 23.4 Å². The number of hydrogen-bond acceptors (Lipinski definition) is 4. The molecule has 4 nitrogen and oxygen atoms in total. The standard InChI is InChI=1S/C30H44O4S/c1-24(2)11-9-12-25(3)13-10-14-26(4)17-19-29(35(31,32)28-15-7-6-8-16-28)23-27(5)18-20-30-33-21-22-34-30/h6-8,11,13,15-17,23,29-30H,9-10,12,14,18-22H2,1-5H3/b25-13+,26-17+,27-23+. The van der Waals surface area contributed by atoms with Gasteiger partial charge < -0.3 is 9.47 Å². The molecule has 5 heteroatoms. The van der Waals surface area contributed by atoms with Crippen molar-refractivity contribution in [2.24, 2.45) is 0 Å². The number of hydrogen-bond donors (Lipinski definition) is 0. The van der Waals surface area contributed by atoms with Gasteiger partial charge in [-0.05, 0) is 85.3 Å². The Balaban J connectivity index is 2.05. The molecule has 1 atom stereocenters. The lowest BCUT2D eigenvalue weighted by atomic mass is 10.0. The molecule has 1 aliphatic heterocycles. The SMILES string of the molecule is CC(C)=CCC/C(C)=C/CC/C(C)=C/CC(/C=C(\C)CCC1OCCO1)S(=O)(=O)c1ccccc1. The van der Waals surface area contributed by atoms with E-state index in [0.717, 1.165) is 44.1 Å². The zero-order valence-electron chi connectivity index (χ0n) is 22.3. The fraction of sp³-hybridized carbons (Fsp3) is 0.533. The van der Waals surface area contributed by atoms with E-state index in [1.54, 1.807) is 24.3 Å². The molecule has 1 unspecified atom stereocenters. The average molecular weight is 501 g/mol. The lowest BCUT2D eigenvalue weighted by molar-refractivity contribution is -0.0461. The van der Waals surface area contributed by atoms with Crippen LogP contribution >= 0.6 is 0 Å².